The first kappa shape index (κ1) is 24.3. The summed E-state index contributed by atoms with van der Waals surface area (Å²) in [6.07, 6.45) is 0. The Balaban J connectivity index is 1.88. The lowest BCUT2D eigenvalue weighted by molar-refractivity contribution is -0.122. The van der Waals surface area contributed by atoms with Crippen molar-refractivity contribution in [2.75, 3.05) is 20.8 Å². The average molecular weight is 469 g/mol. The van der Waals surface area contributed by atoms with Crippen LogP contribution in [0.2, 0.25) is 0 Å². The van der Waals surface area contributed by atoms with Crippen molar-refractivity contribution in [3.63, 3.8) is 0 Å². The highest BCUT2D eigenvalue weighted by molar-refractivity contribution is 7.89. The third-order valence-electron chi connectivity index (χ3n) is 5.19. The zero-order valence-corrected chi connectivity index (χ0v) is 19.7. The quantitative estimate of drug-likeness (QED) is 0.490. The van der Waals surface area contributed by atoms with Gasteiger partial charge in [0.2, 0.25) is 15.9 Å². The molecule has 3 aromatic carbocycles. The van der Waals surface area contributed by atoms with E-state index >= 15 is 0 Å². The summed E-state index contributed by atoms with van der Waals surface area (Å²) < 4.78 is 38.7. The van der Waals surface area contributed by atoms with Gasteiger partial charge in [0.1, 0.15) is 0 Å². The Kier molecular flexibility index (Phi) is 8.08. The molecule has 0 bridgehead atoms. The Bertz CT molecular complexity index is 1170. The van der Waals surface area contributed by atoms with Gasteiger partial charge in [0, 0.05) is 12.6 Å². The van der Waals surface area contributed by atoms with E-state index in [1.807, 2.05) is 67.6 Å². The number of hydrogen-bond donors (Lipinski definition) is 1. The van der Waals surface area contributed by atoms with Crippen molar-refractivity contribution in [1.82, 2.24) is 9.62 Å². The van der Waals surface area contributed by atoms with Gasteiger partial charge in [-0.1, -0.05) is 60.7 Å². The van der Waals surface area contributed by atoms with Crippen LogP contribution in [0.15, 0.2) is 83.8 Å². The summed E-state index contributed by atoms with van der Waals surface area (Å²) >= 11 is 0. The highest BCUT2D eigenvalue weighted by Gasteiger charge is 2.28. The Morgan fingerprint density at radius 3 is 2.12 bits per heavy atom. The third-order valence-corrected chi connectivity index (χ3v) is 6.98. The molecular formula is C25H28N2O5S. The van der Waals surface area contributed by atoms with E-state index in [9.17, 15) is 13.2 Å². The van der Waals surface area contributed by atoms with E-state index in [4.69, 9.17) is 9.47 Å². The fourth-order valence-corrected chi connectivity index (χ4v) is 4.81. The molecule has 8 heteroatoms. The van der Waals surface area contributed by atoms with Gasteiger partial charge in [0.15, 0.2) is 11.5 Å². The number of rotatable bonds is 10. The van der Waals surface area contributed by atoms with E-state index in [0.717, 1.165) is 15.4 Å². The monoisotopic (exact) mass is 468 g/mol. The van der Waals surface area contributed by atoms with E-state index in [0.29, 0.717) is 11.5 Å². The van der Waals surface area contributed by atoms with Crippen molar-refractivity contribution >= 4 is 15.9 Å². The minimum atomic E-state index is -4.02. The van der Waals surface area contributed by atoms with Crippen LogP contribution < -0.4 is 14.8 Å². The fourth-order valence-electron chi connectivity index (χ4n) is 3.41. The van der Waals surface area contributed by atoms with Gasteiger partial charge >= 0.3 is 0 Å². The van der Waals surface area contributed by atoms with Gasteiger partial charge in [-0.15, -0.1) is 0 Å². The van der Waals surface area contributed by atoms with Crippen LogP contribution in [0, 0.1) is 0 Å². The lowest BCUT2D eigenvalue weighted by Crippen LogP contribution is -2.41. The molecule has 7 nitrogen and oxygen atoms in total. The van der Waals surface area contributed by atoms with Crippen molar-refractivity contribution in [3.8, 4) is 11.5 Å². The largest absolute Gasteiger partial charge is 0.493 e. The molecule has 0 aliphatic carbocycles. The lowest BCUT2D eigenvalue weighted by Gasteiger charge is -2.24. The summed E-state index contributed by atoms with van der Waals surface area (Å²) in [5.74, 6) is 0.312. The second-order valence-electron chi connectivity index (χ2n) is 7.48. The van der Waals surface area contributed by atoms with Crippen LogP contribution in [-0.2, 0) is 21.4 Å². The Labute approximate surface area is 195 Å². The summed E-state index contributed by atoms with van der Waals surface area (Å²) in [5.41, 5.74) is 1.70. The highest BCUT2D eigenvalue weighted by Crippen LogP contribution is 2.31. The number of methoxy groups -OCH3 is 2. The van der Waals surface area contributed by atoms with Gasteiger partial charge in [-0.25, -0.2) is 8.42 Å². The summed E-state index contributed by atoms with van der Waals surface area (Å²) in [4.78, 5) is 12.9. The Hall–Kier alpha value is -3.36. The molecule has 1 N–H and O–H groups in total. The van der Waals surface area contributed by atoms with Crippen LogP contribution in [0.1, 0.15) is 24.1 Å². The molecule has 0 aliphatic rings. The SMILES string of the molecule is COc1ccc(S(=O)(=O)N(CC(=O)N[C@@H](C)c2ccccc2)Cc2ccccc2)cc1OC. The summed E-state index contributed by atoms with van der Waals surface area (Å²) in [6.45, 7) is 1.57. The zero-order chi connectivity index (χ0) is 23.8. The summed E-state index contributed by atoms with van der Waals surface area (Å²) in [6, 6.07) is 22.8. The second-order valence-corrected chi connectivity index (χ2v) is 9.41. The first-order valence-electron chi connectivity index (χ1n) is 10.5. The Morgan fingerprint density at radius 1 is 0.909 bits per heavy atom. The van der Waals surface area contributed by atoms with Crippen LogP contribution in [0.3, 0.4) is 0 Å². The summed E-state index contributed by atoms with van der Waals surface area (Å²) in [7, 11) is -1.10. The summed E-state index contributed by atoms with van der Waals surface area (Å²) in [5, 5.41) is 2.89. The highest BCUT2D eigenvalue weighted by atomic mass is 32.2. The number of carbonyl (C=O) groups excluding carboxylic acids is 1. The number of sulfonamides is 1. The number of nitrogens with zero attached hydrogens (tertiary/aromatic N) is 1. The van der Waals surface area contributed by atoms with Crippen LogP contribution >= 0.6 is 0 Å². The van der Waals surface area contributed by atoms with E-state index in [-0.39, 0.29) is 24.0 Å². The van der Waals surface area contributed by atoms with Crippen LogP contribution in [0.4, 0.5) is 0 Å². The molecule has 1 amide bonds. The number of carbonyl (C=O) groups is 1. The van der Waals surface area contributed by atoms with Crippen LogP contribution in [0.25, 0.3) is 0 Å². The molecule has 3 aromatic rings. The number of hydrogen-bond acceptors (Lipinski definition) is 5. The van der Waals surface area contributed by atoms with Crippen molar-refractivity contribution in [3.05, 3.63) is 90.0 Å². The molecule has 0 spiro atoms. The normalized spacial score (nSPS) is 12.2. The average Bonchev–Trinajstić information content (AvgIpc) is 2.84. The molecule has 0 saturated carbocycles. The van der Waals surface area contributed by atoms with Crippen molar-refractivity contribution in [1.29, 1.82) is 0 Å². The van der Waals surface area contributed by atoms with E-state index < -0.39 is 15.9 Å². The molecule has 1 atom stereocenters. The maximum atomic E-state index is 13.5. The molecule has 0 aliphatic heterocycles. The smallest absolute Gasteiger partial charge is 0.243 e. The minimum absolute atomic E-state index is 0.0139. The number of benzene rings is 3. The number of nitrogens with one attached hydrogen (secondary N) is 1. The molecule has 174 valence electrons. The topological polar surface area (TPSA) is 84.9 Å². The maximum absolute atomic E-state index is 13.5. The first-order chi connectivity index (χ1) is 15.8. The third kappa shape index (κ3) is 6.12. The standard InChI is InChI=1S/C25H28N2O5S/c1-19(21-12-8-5-9-13-21)26-25(28)18-27(17-20-10-6-4-7-11-20)33(29,30)22-14-15-23(31-2)24(16-22)32-3/h4-16,19H,17-18H2,1-3H3,(H,26,28)/t19-/m0/s1. The predicted octanol–water partition coefficient (Wildman–Crippen LogP) is 3.77. The Morgan fingerprint density at radius 2 is 1.52 bits per heavy atom. The minimum Gasteiger partial charge on any atom is -0.493 e. The first-order valence-corrected chi connectivity index (χ1v) is 11.9. The van der Waals surface area contributed by atoms with Crippen LogP contribution in [-0.4, -0.2) is 39.4 Å². The molecule has 3 rings (SSSR count). The van der Waals surface area contributed by atoms with Crippen molar-refractivity contribution in [2.24, 2.45) is 0 Å². The molecule has 0 unspecified atom stereocenters. The molecule has 0 heterocycles. The molecule has 0 aromatic heterocycles. The molecular weight excluding hydrogens is 440 g/mol. The molecule has 0 fully saturated rings. The van der Waals surface area contributed by atoms with Gasteiger partial charge in [-0.05, 0) is 30.2 Å². The van der Waals surface area contributed by atoms with E-state index in [1.54, 1.807) is 0 Å². The van der Waals surface area contributed by atoms with Gasteiger partial charge < -0.3 is 14.8 Å². The predicted molar refractivity (Wildman–Crippen MR) is 127 cm³/mol. The van der Waals surface area contributed by atoms with Crippen LogP contribution in [0.5, 0.6) is 11.5 Å². The van der Waals surface area contributed by atoms with Gasteiger partial charge in [-0.2, -0.15) is 4.31 Å². The van der Waals surface area contributed by atoms with Crippen molar-refractivity contribution in [2.45, 2.75) is 24.4 Å². The molecule has 33 heavy (non-hydrogen) atoms. The lowest BCUT2D eigenvalue weighted by atomic mass is 10.1. The second kappa shape index (κ2) is 11.0. The van der Waals surface area contributed by atoms with Gasteiger partial charge in [0.25, 0.3) is 0 Å². The fraction of sp³-hybridized carbons (Fsp3) is 0.240. The van der Waals surface area contributed by atoms with Gasteiger partial charge in [-0.3, -0.25) is 4.79 Å². The van der Waals surface area contributed by atoms with E-state index in [1.165, 1.54) is 32.4 Å². The molecule has 0 saturated heterocycles. The maximum Gasteiger partial charge on any atom is 0.243 e. The van der Waals surface area contributed by atoms with Crippen molar-refractivity contribution < 1.29 is 22.7 Å². The van der Waals surface area contributed by atoms with E-state index in [2.05, 4.69) is 5.32 Å². The number of amides is 1. The molecule has 0 radical (unpaired) electrons. The number of ether oxygens (including phenoxy) is 2. The van der Waals surface area contributed by atoms with Gasteiger partial charge in [0.05, 0.1) is 31.7 Å². The zero-order valence-electron chi connectivity index (χ0n) is 18.9.